The van der Waals surface area contributed by atoms with Gasteiger partial charge in [-0.05, 0) is 69.0 Å². The zero-order chi connectivity index (χ0) is 45.2. The van der Waals surface area contributed by atoms with E-state index in [1.54, 1.807) is 41.8 Å². The van der Waals surface area contributed by atoms with E-state index >= 15 is 0 Å². The van der Waals surface area contributed by atoms with Crippen molar-refractivity contribution in [2.75, 3.05) is 77.2 Å². The van der Waals surface area contributed by atoms with Gasteiger partial charge in [0, 0.05) is 79.3 Å². The molecule has 10 N–H and O–H groups in total. The monoisotopic (exact) mass is 865 g/mol. The van der Waals surface area contributed by atoms with Gasteiger partial charge >= 0.3 is 5.97 Å². The minimum absolute atomic E-state index is 0.00939. The molecule has 0 unspecified atom stereocenters. The van der Waals surface area contributed by atoms with Crippen LogP contribution in [0.5, 0.6) is 17.2 Å². The number of rotatable bonds is 15. The Labute approximate surface area is 361 Å². The van der Waals surface area contributed by atoms with E-state index in [9.17, 15) is 39.6 Å². The third kappa shape index (κ3) is 8.31. The molecular weight excluding hydrogens is 815 g/mol. The fourth-order valence-corrected chi connectivity index (χ4v) is 8.22. The number of hydrogen-bond donors (Lipinski definition) is 10. The van der Waals surface area contributed by atoms with Crippen LogP contribution < -0.4 is 26.8 Å². The van der Waals surface area contributed by atoms with Gasteiger partial charge in [0.25, 0.3) is 5.56 Å². The van der Waals surface area contributed by atoms with Gasteiger partial charge in [-0.3, -0.25) is 14.4 Å². The average Bonchev–Trinajstić information content (AvgIpc) is 3.63. The molecule has 63 heavy (non-hydrogen) atoms. The Morgan fingerprint density at radius 1 is 0.762 bits per heavy atom. The number of aromatic nitrogens is 2. The minimum Gasteiger partial charge on any atom is -0.508 e. The first-order valence-electron chi connectivity index (χ1n) is 20.6. The topological polar surface area (TPSA) is 268 Å². The normalized spacial score (nSPS) is 15.8. The lowest BCUT2D eigenvalue weighted by Crippen LogP contribution is -2.44. The average molecular weight is 866 g/mol. The van der Waals surface area contributed by atoms with Crippen molar-refractivity contribution in [3.8, 4) is 28.6 Å². The Bertz CT molecular complexity index is 2600. The van der Waals surface area contributed by atoms with Gasteiger partial charge in [0.15, 0.2) is 5.60 Å². The molecule has 0 amide bonds. The zero-order valence-corrected chi connectivity index (χ0v) is 35.2. The lowest BCUT2D eigenvalue weighted by molar-refractivity contribution is -0.172. The smallest absolute Gasteiger partial charge is 0.343 e. The maximum absolute atomic E-state index is 13.4. The van der Waals surface area contributed by atoms with Gasteiger partial charge in [0.05, 0.1) is 64.5 Å². The SMILES string of the molecule is CC[C@@]1(O)C(=O)OCc2c1cc1n(c2=O)Cc2cc3c(CN(C)C)c(O)ccc3nc2-1.O=C1c2c(O)ccc(O)c2C(=O)c2c(NCCNCCO)ccc(NCCNCCO)c21. The van der Waals surface area contributed by atoms with Gasteiger partial charge in [-0.25, -0.2) is 9.78 Å². The van der Waals surface area contributed by atoms with E-state index in [-0.39, 0.29) is 71.3 Å². The van der Waals surface area contributed by atoms with Crippen LogP contribution in [0.3, 0.4) is 0 Å². The molecule has 332 valence electrons. The Balaban J connectivity index is 0.000000189. The molecule has 0 bridgehead atoms. The second-order valence-corrected chi connectivity index (χ2v) is 15.7. The second-order valence-electron chi connectivity index (χ2n) is 15.7. The molecular formula is C45H51N7O11. The first kappa shape index (κ1) is 44.6. The summed E-state index contributed by atoms with van der Waals surface area (Å²) in [6.45, 7) is 5.22. The number of benzene rings is 3. The number of cyclic esters (lactones) is 1. The van der Waals surface area contributed by atoms with Crippen molar-refractivity contribution in [3.05, 3.63) is 103 Å². The summed E-state index contributed by atoms with van der Waals surface area (Å²) in [5.41, 5.74) is 2.71. The molecule has 3 aromatic carbocycles. The molecule has 0 saturated heterocycles. The summed E-state index contributed by atoms with van der Waals surface area (Å²) in [4.78, 5) is 59.0. The van der Waals surface area contributed by atoms with Crippen LogP contribution in [0.4, 0.5) is 11.4 Å². The number of aromatic hydroxyl groups is 3. The van der Waals surface area contributed by atoms with E-state index in [1.165, 1.54) is 12.1 Å². The molecule has 0 fully saturated rings. The first-order valence-corrected chi connectivity index (χ1v) is 20.6. The number of carbonyl (C=O) groups excluding carboxylic acids is 3. The van der Waals surface area contributed by atoms with Crippen LogP contribution in [0, 0.1) is 0 Å². The Morgan fingerprint density at radius 2 is 1.33 bits per heavy atom. The predicted octanol–water partition coefficient (Wildman–Crippen LogP) is 1.71. The van der Waals surface area contributed by atoms with Crippen molar-refractivity contribution in [2.24, 2.45) is 0 Å². The van der Waals surface area contributed by atoms with Gasteiger partial charge in [0.2, 0.25) is 11.6 Å². The third-order valence-electron chi connectivity index (χ3n) is 11.3. The number of fused-ring (bicyclic) bond motifs is 7. The van der Waals surface area contributed by atoms with E-state index in [0.717, 1.165) is 16.5 Å². The number of ether oxygens (including phenoxy) is 1. The van der Waals surface area contributed by atoms with Gasteiger partial charge in [0.1, 0.15) is 23.9 Å². The highest BCUT2D eigenvalue weighted by Gasteiger charge is 2.45. The molecule has 1 atom stereocenters. The van der Waals surface area contributed by atoms with Gasteiger partial charge in [-0.1, -0.05) is 6.92 Å². The highest BCUT2D eigenvalue weighted by atomic mass is 16.6. The highest BCUT2D eigenvalue weighted by Crippen LogP contribution is 2.43. The number of esters is 1. The molecule has 0 radical (unpaired) electrons. The molecule has 3 aliphatic rings. The standard InChI is InChI=1S/C23H23N3O5.C22H28N4O6/c1-4-23(30)16-8-18-20-12(9-26(18)21(28)15(16)11-31-22(23)29)7-13-14(10-25(2)3)19(27)6-5-17(13)24-20;27-11-9-23-5-7-25-13-1-2-14(26-8-6-24-10-12-28)18-17(13)21(31)19-15(29)3-4-16(30)20(19)22(18)32/h5-8,27,30H,4,9-11H2,1-3H3;1-4,23-30H,5-12H2/t23-;/m0./s1. The zero-order valence-electron chi connectivity index (χ0n) is 35.2. The number of ketones is 2. The summed E-state index contributed by atoms with van der Waals surface area (Å²) in [5, 5.41) is 72.7. The number of aliphatic hydroxyl groups is 3. The second kappa shape index (κ2) is 18.5. The molecule has 2 aromatic heterocycles. The van der Waals surface area contributed by atoms with Crippen molar-refractivity contribution < 1.29 is 49.8 Å². The van der Waals surface area contributed by atoms with Crippen molar-refractivity contribution in [3.63, 3.8) is 0 Å². The lowest BCUT2D eigenvalue weighted by Gasteiger charge is -2.31. The van der Waals surface area contributed by atoms with Gasteiger partial charge in [-0.15, -0.1) is 0 Å². The number of pyridine rings is 2. The number of nitrogens with one attached hydrogen (secondary N) is 4. The third-order valence-corrected chi connectivity index (χ3v) is 11.3. The van der Waals surface area contributed by atoms with Crippen LogP contribution in [-0.2, 0) is 34.8 Å². The molecule has 1 aliphatic carbocycles. The first-order chi connectivity index (χ1) is 30.2. The Kier molecular flexibility index (Phi) is 13.1. The van der Waals surface area contributed by atoms with E-state index in [1.807, 2.05) is 25.1 Å². The fraction of sp³-hybridized carbons (Fsp3) is 0.356. The van der Waals surface area contributed by atoms with E-state index in [2.05, 4.69) is 21.3 Å². The Hall–Kier alpha value is -6.41. The van der Waals surface area contributed by atoms with Crippen LogP contribution in [0.15, 0.2) is 53.3 Å². The summed E-state index contributed by atoms with van der Waals surface area (Å²) < 4.78 is 6.71. The predicted molar refractivity (Wildman–Crippen MR) is 234 cm³/mol. The molecule has 8 rings (SSSR count). The molecule has 18 heteroatoms. The molecule has 2 aliphatic heterocycles. The molecule has 5 aromatic rings. The van der Waals surface area contributed by atoms with Crippen LogP contribution in [0.2, 0.25) is 0 Å². The van der Waals surface area contributed by atoms with E-state index in [4.69, 9.17) is 19.9 Å². The van der Waals surface area contributed by atoms with Crippen molar-refractivity contribution in [1.82, 2.24) is 25.1 Å². The molecule has 4 heterocycles. The summed E-state index contributed by atoms with van der Waals surface area (Å²) in [5.74, 6) is -2.39. The summed E-state index contributed by atoms with van der Waals surface area (Å²) in [7, 11) is 3.86. The maximum atomic E-state index is 13.4. The summed E-state index contributed by atoms with van der Waals surface area (Å²) in [6.07, 6.45) is 0.104. The summed E-state index contributed by atoms with van der Waals surface area (Å²) in [6, 6.07) is 12.8. The van der Waals surface area contributed by atoms with Crippen LogP contribution in [0.25, 0.3) is 22.3 Å². The van der Waals surface area contributed by atoms with E-state index < -0.39 is 23.1 Å². The quantitative estimate of drug-likeness (QED) is 0.0399. The Morgan fingerprint density at radius 3 is 1.87 bits per heavy atom. The van der Waals surface area contributed by atoms with Crippen LogP contribution >= 0.6 is 0 Å². The van der Waals surface area contributed by atoms with Gasteiger partial charge in [-0.2, -0.15) is 0 Å². The van der Waals surface area contributed by atoms with Crippen LogP contribution in [0.1, 0.15) is 67.4 Å². The number of carbonyl (C=O) groups is 3. The van der Waals surface area contributed by atoms with Crippen molar-refractivity contribution in [2.45, 2.75) is 38.6 Å². The number of phenolic OH excluding ortho intramolecular Hbond substituents is 3. The number of anilines is 2. The van der Waals surface area contributed by atoms with Gasteiger partial charge < -0.3 is 66.1 Å². The van der Waals surface area contributed by atoms with E-state index in [0.29, 0.717) is 91.8 Å². The number of phenols is 3. The van der Waals surface area contributed by atoms with Crippen LogP contribution in [-0.4, -0.2) is 129 Å². The van der Waals surface area contributed by atoms with Crippen molar-refractivity contribution in [1.29, 1.82) is 0 Å². The molecule has 0 spiro atoms. The molecule has 0 saturated carbocycles. The minimum atomic E-state index is -1.84. The number of hydrogen-bond acceptors (Lipinski definition) is 17. The fourth-order valence-electron chi connectivity index (χ4n) is 8.22. The number of nitrogens with zero attached hydrogens (tertiary/aromatic N) is 3. The lowest BCUT2D eigenvalue weighted by atomic mass is 9.81. The highest BCUT2D eigenvalue weighted by molar-refractivity contribution is 6.33. The summed E-state index contributed by atoms with van der Waals surface area (Å²) >= 11 is 0. The van der Waals surface area contributed by atoms with Crippen molar-refractivity contribution >= 4 is 39.8 Å². The maximum Gasteiger partial charge on any atom is 0.343 e. The number of aliphatic hydroxyl groups excluding tert-OH is 2. The largest absolute Gasteiger partial charge is 0.508 e. The molecule has 18 nitrogen and oxygen atoms in total.